The molecule has 23 heavy (non-hydrogen) atoms. The van der Waals surface area contributed by atoms with Crippen molar-refractivity contribution in [3.05, 3.63) is 107 Å². The third kappa shape index (κ3) is 2.74. The monoisotopic (exact) mass is 303 g/mol. The summed E-state index contributed by atoms with van der Waals surface area (Å²) in [6, 6.07) is 25.7. The highest BCUT2D eigenvalue weighted by atomic mass is 16.3. The van der Waals surface area contributed by atoms with Gasteiger partial charge in [-0.3, -0.25) is 4.79 Å². The zero-order valence-electron chi connectivity index (χ0n) is 12.5. The van der Waals surface area contributed by atoms with Crippen LogP contribution in [0.5, 0.6) is 0 Å². The van der Waals surface area contributed by atoms with Crippen LogP contribution in [0.1, 0.15) is 27.0 Å². The largest absolute Gasteiger partial charge is 0.376 e. The van der Waals surface area contributed by atoms with E-state index < -0.39 is 11.5 Å². The fraction of sp³-hybridized carbons (Fsp3) is 0.0500. The van der Waals surface area contributed by atoms with Gasteiger partial charge in [0.1, 0.15) is 5.60 Å². The topological polar surface area (TPSA) is 63.3 Å². The van der Waals surface area contributed by atoms with Crippen molar-refractivity contribution in [1.82, 2.24) is 0 Å². The number of aliphatic hydroxyl groups is 1. The van der Waals surface area contributed by atoms with Crippen molar-refractivity contribution in [2.75, 3.05) is 0 Å². The Hall–Kier alpha value is -2.91. The lowest BCUT2D eigenvalue weighted by Crippen LogP contribution is -2.29. The summed E-state index contributed by atoms with van der Waals surface area (Å²) in [5.74, 6) is -0.487. The first-order chi connectivity index (χ1) is 11.1. The minimum absolute atomic E-state index is 0.414. The Morgan fingerprint density at radius 1 is 0.696 bits per heavy atom. The van der Waals surface area contributed by atoms with Crippen LogP contribution in [0, 0.1) is 0 Å². The normalized spacial score (nSPS) is 11.2. The SMILES string of the molecule is NC(=O)c1ccc(C(O)(c2ccccc2)c2ccccc2)cc1. The molecule has 0 aromatic heterocycles. The van der Waals surface area contributed by atoms with Crippen LogP contribution in [0.25, 0.3) is 0 Å². The highest BCUT2D eigenvalue weighted by Crippen LogP contribution is 2.36. The Morgan fingerprint density at radius 2 is 1.09 bits per heavy atom. The lowest BCUT2D eigenvalue weighted by atomic mass is 9.80. The molecule has 0 fully saturated rings. The second-order valence-electron chi connectivity index (χ2n) is 5.38. The second kappa shape index (κ2) is 6.07. The number of hydrogen-bond acceptors (Lipinski definition) is 2. The number of nitrogens with two attached hydrogens (primary N) is 1. The lowest BCUT2D eigenvalue weighted by Gasteiger charge is -2.30. The van der Waals surface area contributed by atoms with E-state index in [-0.39, 0.29) is 0 Å². The highest BCUT2D eigenvalue weighted by molar-refractivity contribution is 5.92. The smallest absolute Gasteiger partial charge is 0.248 e. The summed E-state index contributed by atoms with van der Waals surface area (Å²) >= 11 is 0. The van der Waals surface area contributed by atoms with Crippen molar-refractivity contribution >= 4 is 5.91 Å². The fourth-order valence-electron chi connectivity index (χ4n) is 2.73. The van der Waals surface area contributed by atoms with Gasteiger partial charge in [0, 0.05) is 5.56 Å². The van der Waals surface area contributed by atoms with Gasteiger partial charge in [0.15, 0.2) is 0 Å². The van der Waals surface area contributed by atoms with E-state index in [4.69, 9.17) is 5.73 Å². The van der Waals surface area contributed by atoms with Gasteiger partial charge in [0.25, 0.3) is 0 Å². The molecule has 3 aromatic carbocycles. The van der Waals surface area contributed by atoms with Crippen LogP contribution in [-0.2, 0) is 5.60 Å². The van der Waals surface area contributed by atoms with E-state index in [9.17, 15) is 9.90 Å². The van der Waals surface area contributed by atoms with Gasteiger partial charge in [-0.25, -0.2) is 0 Å². The van der Waals surface area contributed by atoms with Crippen molar-refractivity contribution in [2.24, 2.45) is 5.73 Å². The van der Waals surface area contributed by atoms with Gasteiger partial charge in [0.2, 0.25) is 5.91 Å². The summed E-state index contributed by atoms with van der Waals surface area (Å²) in [6.45, 7) is 0. The van der Waals surface area contributed by atoms with E-state index in [0.29, 0.717) is 11.1 Å². The Morgan fingerprint density at radius 3 is 1.48 bits per heavy atom. The van der Waals surface area contributed by atoms with E-state index in [1.807, 2.05) is 60.7 Å². The van der Waals surface area contributed by atoms with Crippen molar-refractivity contribution in [3.63, 3.8) is 0 Å². The molecule has 0 aliphatic heterocycles. The van der Waals surface area contributed by atoms with Crippen LogP contribution in [-0.4, -0.2) is 11.0 Å². The maximum atomic E-state index is 11.5. The number of carbonyl (C=O) groups is 1. The van der Waals surface area contributed by atoms with E-state index in [2.05, 4.69) is 0 Å². The van der Waals surface area contributed by atoms with E-state index in [1.54, 1.807) is 24.3 Å². The molecule has 3 heteroatoms. The fourth-order valence-corrected chi connectivity index (χ4v) is 2.73. The molecule has 0 bridgehead atoms. The number of hydrogen-bond donors (Lipinski definition) is 2. The Balaban J connectivity index is 2.18. The maximum absolute atomic E-state index is 11.5. The minimum atomic E-state index is -1.29. The standard InChI is InChI=1S/C20H17NO2/c21-19(22)15-11-13-18(14-12-15)20(23,16-7-3-1-4-8-16)17-9-5-2-6-10-17/h1-14,23H,(H2,21,22). The molecule has 0 heterocycles. The zero-order chi connectivity index (χ0) is 16.3. The second-order valence-corrected chi connectivity index (χ2v) is 5.38. The molecule has 0 radical (unpaired) electrons. The first-order valence-corrected chi connectivity index (χ1v) is 7.36. The van der Waals surface area contributed by atoms with Crippen molar-refractivity contribution in [2.45, 2.75) is 5.60 Å². The zero-order valence-corrected chi connectivity index (χ0v) is 12.5. The van der Waals surface area contributed by atoms with Crippen LogP contribution in [0.3, 0.4) is 0 Å². The number of primary amides is 1. The average Bonchev–Trinajstić information content (AvgIpc) is 2.62. The summed E-state index contributed by atoms with van der Waals surface area (Å²) in [7, 11) is 0. The number of amides is 1. The molecule has 0 unspecified atom stereocenters. The molecule has 0 saturated carbocycles. The van der Waals surface area contributed by atoms with Gasteiger partial charge < -0.3 is 10.8 Å². The summed E-state index contributed by atoms with van der Waals surface area (Å²) in [6.07, 6.45) is 0. The van der Waals surface area contributed by atoms with Gasteiger partial charge in [0.05, 0.1) is 0 Å². The molecule has 0 atom stereocenters. The Kier molecular flexibility index (Phi) is 3.96. The summed E-state index contributed by atoms with van der Waals surface area (Å²) in [4.78, 5) is 11.3. The van der Waals surface area contributed by atoms with Crippen molar-refractivity contribution in [3.8, 4) is 0 Å². The summed E-state index contributed by atoms with van der Waals surface area (Å²) < 4.78 is 0. The van der Waals surface area contributed by atoms with Gasteiger partial charge in [-0.1, -0.05) is 72.8 Å². The van der Waals surface area contributed by atoms with Crippen LogP contribution in [0.2, 0.25) is 0 Å². The molecule has 0 aliphatic carbocycles. The molecule has 0 aliphatic rings. The number of rotatable bonds is 4. The number of carbonyl (C=O) groups excluding carboxylic acids is 1. The highest BCUT2D eigenvalue weighted by Gasteiger charge is 2.33. The minimum Gasteiger partial charge on any atom is -0.376 e. The third-order valence-electron chi connectivity index (χ3n) is 3.97. The van der Waals surface area contributed by atoms with Crippen molar-refractivity contribution in [1.29, 1.82) is 0 Å². The molecule has 1 amide bonds. The lowest BCUT2D eigenvalue weighted by molar-refractivity contribution is 0.0999. The summed E-state index contributed by atoms with van der Waals surface area (Å²) in [5.41, 5.74) is 6.62. The van der Waals surface area contributed by atoms with Crippen LogP contribution in [0.15, 0.2) is 84.9 Å². The van der Waals surface area contributed by atoms with E-state index >= 15 is 0 Å². The summed E-state index contributed by atoms with van der Waals surface area (Å²) in [5, 5.41) is 11.5. The Bertz CT molecular complexity index is 757. The molecular weight excluding hydrogens is 286 g/mol. The molecule has 0 spiro atoms. The molecule has 3 aromatic rings. The van der Waals surface area contributed by atoms with Gasteiger partial charge in [-0.15, -0.1) is 0 Å². The Labute approximate surface area is 135 Å². The van der Waals surface area contributed by atoms with E-state index in [1.165, 1.54) is 0 Å². The molecule has 3 rings (SSSR count). The quantitative estimate of drug-likeness (QED) is 0.728. The van der Waals surface area contributed by atoms with Crippen LogP contribution >= 0.6 is 0 Å². The molecule has 3 N–H and O–H groups in total. The first-order valence-electron chi connectivity index (χ1n) is 7.36. The molecule has 0 saturated heterocycles. The molecular formula is C20H17NO2. The van der Waals surface area contributed by atoms with Crippen molar-refractivity contribution < 1.29 is 9.90 Å². The predicted molar refractivity (Wildman–Crippen MR) is 89.9 cm³/mol. The van der Waals surface area contributed by atoms with Gasteiger partial charge in [-0.05, 0) is 28.8 Å². The predicted octanol–water partition coefficient (Wildman–Crippen LogP) is 3.07. The van der Waals surface area contributed by atoms with Gasteiger partial charge in [-0.2, -0.15) is 0 Å². The van der Waals surface area contributed by atoms with Crippen LogP contribution in [0.4, 0.5) is 0 Å². The molecule has 3 nitrogen and oxygen atoms in total. The molecule has 114 valence electrons. The third-order valence-corrected chi connectivity index (χ3v) is 3.97. The van der Waals surface area contributed by atoms with Crippen LogP contribution < -0.4 is 5.73 Å². The van der Waals surface area contributed by atoms with Gasteiger partial charge >= 0.3 is 0 Å². The first kappa shape index (κ1) is 15.0. The van der Waals surface area contributed by atoms with E-state index in [0.717, 1.165) is 11.1 Å². The number of benzene rings is 3. The average molecular weight is 303 g/mol. The maximum Gasteiger partial charge on any atom is 0.248 e.